The molecule has 1 aromatic heterocycles. The monoisotopic (exact) mass is 531 g/mol. The van der Waals surface area contributed by atoms with Gasteiger partial charge in [-0.2, -0.15) is 5.10 Å². The zero-order valence-corrected chi connectivity index (χ0v) is 21.6. The lowest BCUT2D eigenvalue weighted by Crippen LogP contribution is -2.26. The number of hydrogen-bond donors (Lipinski definition) is 0. The number of benzene rings is 3. The lowest BCUT2D eigenvalue weighted by Gasteiger charge is -2.18. The second kappa shape index (κ2) is 9.72. The van der Waals surface area contributed by atoms with Gasteiger partial charge in [0.2, 0.25) is 5.88 Å². The van der Waals surface area contributed by atoms with Crippen molar-refractivity contribution < 1.29 is 27.8 Å². The van der Waals surface area contributed by atoms with Crippen LogP contribution in [0.5, 0.6) is 17.4 Å². The van der Waals surface area contributed by atoms with Crippen LogP contribution < -0.4 is 19.1 Å². The Bertz CT molecular complexity index is 1550. The number of carbonyl (C=O) groups is 1. The molecule has 39 heavy (non-hydrogen) atoms. The minimum absolute atomic E-state index is 0.0765. The predicted octanol–water partition coefficient (Wildman–Crippen LogP) is 6.24. The molecule has 2 heterocycles. The van der Waals surface area contributed by atoms with E-state index in [2.05, 4.69) is 33.7 Å². The summed E-state index contributed by atoms with van der Waals surface area (Å²) in [5, 5.41) is 4.87. The SMILES string of the molecule is Cc1ccc(COc2c3c(nn2-c2cccc(C(=O)N(C)c4ccc5c(c4)OC(F)(F)O5)c2)CCCC3)cc1. The Morgan fingerprint density at radius 1 is 1.03 bits per heavy atom. The molecular weight excluding hydrogens is 504 g/mol. The number of alkyl halides is 2. The zero-order chi connectivity index (χ0) is 27.1. The molecule has 0 saturated carbocycles. The minimum atomic E-state index is -3.72. The number of amides is 1. The molecular formula is C30H27F2N3O4. The number of aromatic nitrogens is 2. The van der Waals surface area contributed by atoms with Crippen LogP contribution in [0, 0.1) is 6.92 Å². The first-order chi connectivity index (χ1) is 18.8. The van der Waals surface area contributed by atoms with E-state index in [-0.39, 0.29) is 17.4 Å². The van der Waals surface area contributed by atoms with Gasteiger partial charge in [-0.25, -0.2) is 4.68 Å². The van der Waals surface area contributed by atoms with E-state index in [1.165, 1.54) is 28.7 Å². The first-order valence-corrected chi connectivity index (χ1v) is 12.8. The standard InChI is InChI=1S/C30H27F2N3O4/c1-19-10-12-20(13-11-19)18-37-29-24-8-3-4-9-25(24)33-35(29)23-7-5-6-21(16-23)28(36)34(2)22-14-15-26-27(17-22)39-30(31,32)38-26/h5-7,10-17H,3-4,8-9,18H2,1-2H3. The first-order valence-electron chi connectivity index (χ1n) is 12.8. The fourth-order valence-electron chi connectivity index (χ4n) is 4.91. The molecule has 1 aliphatic carbocycles. The van der Waals surface area contributed by atoms with Gasteiger partial charge in [0.25, 0.3) is 5.91 Å². The van der Waals surface area contributed by atoms with Crippen molar-refractivity contribution in [3.05, 3.63) is 94.7 Å². The molecule has 0 radical (unpaired) electrons. The molecule has 0 fully saturated rings. The van der Waals surface area contributed by atoms with Crippen molar-refractivity contribution >= 4 is 11.6 Å². The zero-order valence-electron chi connectivity index (χ0n) is 21.6. The quantitative estimate of drug-likeness (QED) is 0.295. The molecule has 6 rings (SSSR count). The summed E-state index contributed by atoms with van der Waals surface area (Å²) >= 11 is 0. The molecule has 2 aliphatic rings. The minimum Gasteiger partial charge on any atom is -0.473 e. The third-order valence-corrected chi connectivity index (χ3v) is 7.02. The van der Waals surface area contributed by atoms with Gasteiger partial charge in [-0.05, 0) is 68.5 Å². The number of ether oxygens (including phenoxy) is 3. The van der Waals surface area contributed by atoms with Gasteiger partial charge in [-0.3, -0.25) is 4.79 Å². The van der Waals surface area contributed by atoms with E-state index in [1.807, 2.05) is 13.0 Å². The summed E-state index contributed by atoms with van der Waals surface area (Å²) in [4.78, 5) is 14.8. The number of nitrogens with zero attached hydrogens (tertiary/aromatic N) is 3. The number of aryl methyl sites for hydroxylation is 2. The highest BCUT2D eigenvalue weighted by molar-refractivity contribution is 6.06. The van der Waals surface area contributed by atoms with E-state index in [1.54, 1.807) is 29.9 Å². The van der Waals surface area contributed by atoms with Gasteiger partial charge in [-0.15, -0.1) is 8.78 Å². The van der Waals surface area contributed by atoms with Gasteiger partial charge in [0.05, 0.1) is 11.4 Å². The third kappa shape index (κ3) is 4.92. The Hall–Kier alpha value is -4.40. The molecule has 0 bridgehead atoms. The molecule has 7 nitrogen and oxygen atoms in total. The predicted molar refractivity (Wildman–Crippen MR) is 141 cm³/mol. The van der Waals surface area contributed by atoms with Crippen LogP contribution in [0.4, 0.5) is 14.5 Å². The second-order valence-corrected chi connectivity index (χ2v) is 9.84. The van der Waals surface area contributed by atoms with Gasteiger partial charge in [0, 0.05) is 29.9 Å². The van der Waals surface area contributed by atoms with Crippen LogP contribution in [0.1, 0.15) is 45.6 Å². The second-order valence-electron chi connectivity index (χ2n) is 9.84. The topological polar surface area (TPSA) is 65.8 Å². The van der Waals surface area contributed by atoms with E-state index >= 15 is 0 Å². The molecule has 3 aromatic carbocycles. The Labute approximate surface area is 224 Å². The summed E-state index contributed by atoms with van der Waals surface area (Å²) in [7, 11) is 1.58. The number of halogens is 2. The van der Waals surface area contributed by atoms with Crippen LogP contribution in [-0.2, 0) is 19.4 Å². The summed E-state index contributed by atoms with van der Waals surface area (Å²) in [6.45, 7) is 2.45. The van der Waals surface area contributed by atoms with Crippen LogP contribution in [0.2, 0.25) is 0 Å². The molecule has 9 heteroatoms. The lowest BCUT2D eigenvalue weighted by molar-refractivity contribution is -0.286. The van der Waals surface area contributed by atoms with Crippen molar-refractivity contribution in [2.75, 3.05) is 11.9 Å². The van der Waals surface area contributed by atoms with Gasteiger partial charge >= 0.3 is 6.29 Å². The molecule has 0 unspecified atom stereocenters. The molecule has 0 saturated heterocycles. The lowest BCUT2D eigenvalue weighted by atomic mass is 9.98. The Balaban J connectivity index is 1.28. The average molecular weight is 532 g/mol. The average Bonchev–Trinajstić information content (AvgIpc) is 3.47. The van der Waals surface area contributed by atoms with Gasteiger partial charge in [0.15, 0.2) is 11.5 Å². The fourth-order valence-corrected chi connectivity index (χ4v) is 4.91. The van der Waals surface area contributed by atoms with Gasteiger partial charge in [0.1, 0.15) is 6.61 Å². The van der Waals surface area contributed by atoms with E-state index in [0.717, 1.165) is 42.5 Å². The summed E-state index contributed by atoms with van der Waals surface area (Å²) in [6, 6.07) is 19.6. The summed E-state index contributed by atoms with van der Waals surface area (Å²) in [6.07, 6.45) is 0.202. The van der Waals surface area contributed by atoms with Crippen molar-refractivity contribution in [2.45, 2.75) is 45.5 Å². The van der Waals surface area contributed by atoms with Crippen LogP contribution in [0.3, 0.4) is 0 Å². The summed E-state index contributed by atoms with van der Waals surface area (Å²) in [5.41, 5.74) is 5.88. The number of carbonyl (C=O) groups excluding carboxylic acids is 1. The third-order valence-electron chi connectivity index (χ3n) is 7.02. The first kappa shape index (κ1) is 24.9. The maximum Gasteiger partial charge on any atom is 0.586 e. The Morgan fingerprint density at radius 3 is 2.62 bits per heavy atom. The highest BCUT2D eigenvalue weighted by atomic mass is 19.3. The van der Waals surface area contributed by atoms with Crippen molar-refractivity contribution in [3.63, 3.8) is 0 Å². The molecule has 0 spiro atoms. The Morgan fingerprint density at radius 2 is 1.79 bits per heavy atom. The molecule has 0 N–H and O–H groups in total. The normalized spacial score (nSPS) is 15.1. The largest absolute Gasteiger partial charge is 0.586 e. The number of fused-ring (bicyclic) bond motifs is 2. The van der Waals surface area contributed by atoms with Crippen LogP contribution >= 0.6 is 0 Å². The molecule has 4 aromatic rings. The molecule has 1 aliphatic heterocycles. The van der Waals surface area contributed by atoms with Crippen LogP contribution in [0.25, 0.3) is 5.69 Å². The van der Waals surface area contributed by atoms with Crippen LogP contribution in [-0.4, -0.2) is 29.0 Å². The maximum absolute atomic E-state index is 13.4. The van der Waals surface area contributed by atoms with Gasteiger partial charge in [-0.1, -0.05) is 35.9 Å². The van der Waals surface area contributed by atoms with E-state index in [9.17, 15) is 13.6 Å². The molecule has 200 valence electrons. The highest BCUT2D eigenvalue weighted by Crippen LogP contribution is 2.43. The number of hydrogen-bond acceptors (Lipinski definition) is 5. The summed E-state index contributed by atoms with van der Waals surface area (Å²) in [5.74, 6) is 0.178. The van der Waals surface area contributed by atoms with Crippen molar-refractivity contribution in [3.8, 4) is 23.1 Å². The molecule has 0 atom stereocenters. The number of anilines is 1. The van der Waals surface area contributed by atoms with Gasteiger partial charge < -0.3 is 19.1 Å². The Kier molecular flexibility index (Phi) is 6.21. The molecule has 1 amide bonds. The maximum atomic E-state index is 13.4. The number of rotatable bonds is 6. The van der Waals surface area contributed by atoms with Crippen LogP contribution in [0.15, 0.2) is 66.7 Å². The van der Waals surface area contributed by atoms with Crippen molar-refractivity contribution in [1.82, 2.24) is 9.78 Å². The fraction of sp³-hybridized carbons (Fsp3) is 0.267. The van der Waals surface area contributed by atoms with Crippen molar-refractivity contribution in [1.29, 1.82) is 0 Å². The highest BCUT2D eigenvalue weighted by Gasteiger charge is 2.43. The van der Waals surface area contributed by atoms with E-state index in [4.69, 9.17) is 9.84 Å². The van der Waals surface area contributed by atoms with E-state index < -0.39 is 6.29 Å². The summed E-state index contributed by atoms with van der Waals surface area (Å²) < 4.78 is 44.0. The van der Waals surface area contributed by atoms with Crippen molar-refractivity contribution in [2.24, 2.45) is 0 Å². The smallest absolute Gasteiger partial charge is 0.473 e. The van der Waals surface area contributed by atoms with E-state index in [0.29, 0.717) is 29.4 Å².